The van der Waals surface area contributed by atoms with Gasteiger partial charge >= 0.3 is 6.03 Å². The van der Waals surface area contributed by atoms with Crippen molar-refractivity contribution in [3.05, 3.63) is 29.8 Å². The Kier molecular flexibility index (Phi) is 4.40. The Morgan fingerprint density at radius 3 is 2.57 bits per heavy atom. The first-order valence-electron chi connectivity index (χ1n) is 7.74. The third kappa shape index (κ3) is 3.58. The number of nitrogens with zero attached hydrogens (tertiary/aromatic N) is 4. The molecule has 3 heterocycles. The molecular formula is C15H21N7O. The number of piperidine rings is 1. The smallest absolute Gasteiger partial charge is 0.319 e. The quantitative estimate of drug-likeness (QED) is 0.799. The number of anilines is 2. The number of aromatic amines is 1. The van der Waals surface area contributed by atoms with Crippen LogP contribution in [0.2, 0.25) is 0 Å². The lowest BCUT2D eigenvalue weighted by atomic mass is 10.1. The fraction of sp³-hybridized carbons (Fsp3) is 0.467. The van der Waals surface area contributed by atoms with Crippen LogP contribution in [0.3, 0.4) is 0 Å². The van der Waals surface area contributed by atoms with Crippen molar-refractivity contribution in [1.82, 2.24) is 25.5 Å². The topological polar surface area (TPSA) is 98.8 Å². The average Bonchev–Trinajstić information content (AvgIpc) is 2.88. The van der Waals surface area contributed by atoms with Crippen LogP contribution in [0.1, 0.15) is 24.2 Å². The van der Waals surface area contributed by atoms with Gasteiger partial charge in [-0.2, -0.15) is 5.10 Å². The fourth-order valence-electron chi connectivity index (χ4n) is 2.75. The summed E-state index contributed by atoms with van der Waals surface area (Å²) in [4.78, 5) is 22.8. The molecule has 0 spiro atoms. The van der Waals surface area contributed by atoms with Gasteiger partial charge in [-0.05, 0) is 32.8 Å². The van der Waals surface area contributed by atoms with Gasteiger partial charge in [0.15, 0.2) is 0 Å². The second-order valence-corrected chi connectivity index (χ2v) is 5.72. The highest BCUT2D eigenvalue weighted by Gasteiger charge is 2.22. The van der Waals surface area contributed by atoms with Gasteiger partial charge in [0.05, 0.1) is 17.1 Å². The summed E-state index contributed by atoms with van der Waals surface area (Å²) in [6.45, 7) is 5.41. The van der Waals surface area contributed by atoms with Gasteiger partial charge in [-0.3, -0.25) is 5.10 Å². The lowest BCUT2D eigenvalue weighted by Gasteiger charge is -2.32. The first kappa shape index (κ1) is 15.3. The van der Waals surface area contributed by atoms with Crippen LogP contribution in [0.4, 0.5) is 16.4 Å². The minimum Gasteiger partial charge on any atom is -0.341 e. The summed E-state index contributed by atoms with van der Waals surface area (Å²) in [7, 11) is 0. The molecule has 1 fully saturated rings. The van der Waals surface area contributed by atoms with Crippen molar-refractivity contribution in [3.8, 4) is 0 Å². The molecule has 1 saturated heterocycles. The molecule has 3 N–H and O–H groups in total. The van der Waals surface area contributed by atoms with Crippen LogP contribution in [0.15, 0.2) is 18.5 Å². The Morgan fingerprint density at radius 2 is 1.96 bits per heavy atom. The van der Waals surface area contributed by atoms with Crippen LogP contribution in [0, 0.1) is 13.8 Å². The average molecular weight is 315 g/mol. The SMILES string of the molecule is Cc1n[nH]c(C)c1NC(=O)NC1CCN(c2ncccn2)CC1. The van der Waals surface area contributed by atoms with Gasteiger partial charge in [-0.1, -0.05) is 0 Å². The van der Waals surface area contributed by atoms with Gasteiger partial charge in [-0.15, -0.1) is 0 Å². The third-order valence-corrected chi connectivity index (χ3v) is 4.03. The molecule has 0 atom stereocenters. The Labute approximate surface area is 134 Å². The molecular weight excluding hydrogens is 294 g/mol. The monoisotopic (exact) mass is 315 g/mol. The van der Waals surface area contributed by atoms with E-state index in [1.165, 1.54) is 0 Å². The number of aryl methyl sites for hydroxylation is 2. The molecule has 1 aliphatic rings. The third-order valence-electron chi connectivity index (χ3n) is 4.03. The maximum atomic E-state index is 12.1. The van der Waals surface area contributed by atoms with E-state index in [0.717, 1.165) is 49.0 Å². The van der Waals surface area contributed by atoms with Gasteiger partial charge in [-0.25, -0.2) is 14.8 Å². The van der Waals surface area contributed by atoms with Crippen molar-refractivity contribution in [3.63, 3.8) is 0 Å². The molecule has 0 saturated carbocycles. The number of hydrogen-bond acceptors (Lipinski definition) is 5. The Morgan fingerprint density at radius 1 is 1.26 bits per heavy atom. The van der Waals surface area contributed by atoms with E-state index in [-0.39, 0.29) is 12.1 Å². The fourth-order valence-corrected chi connectivity index (χ4v) is 2.75. The predicted octanol–water partition coefficient (Wildman–Crippen LogP) is 1.61. The zero-order valence-corrected chi connectivity index (χ0v) is 13.3. The predicted molar refractivity (Wildman–Crippen MR) is 87.5 cm³/mol. The zero-order valence-electron chi connectivity index (χ0n) is 13.3. The highest BCUT2D eigenvalue weighted by atomic mass is 16.2. The lowest BCUT2D eigenvalue weighted by molar-refractivity contribution is 0.246. The van der Waals surface area contributed by atoms with E-state index in [4.69, 9.17) is 0 Å². The Bertz CT molecular complexity index is 642. The summed E-state index contributed by atoms with van der Waals surface area (Å²) >= 11 is 0. The number of hydrogen-bond donors (Lipinski definition) is 3. The Balaban J connectivity index is 1.50. The molecule has 0 aromatic carbocycles. The maximum Gasteiger partial charge on any atom is 0.319 e. The molecule has 122 valence electrons. The number of amides is 2. The summed E-state index contributed by atoms with van der Waals surface area (Å²) < 4.78 is 0. The molecule has 8 heteroatoms. The first-order valence-corrected chi connectivity index (χ1v) is 7.74. The molecule has 3 rings (SSSR count). The van der Waals surface area contributed by atoms with E-state index >= 15 is 0 Å². The minimum atomic E-state index is -0.188. The molecule has 0 radical (unpaired) electrons. The Hall–Kier alpha value is -2.64. The number of rotatable bonds is 3. The lowest BCUT2D eigenvalue weighted by Crippen LogP contribution is -2.46. The minimum absolute atomic E-state index is 0.155. The first-order chi connectivity index (χ1) is 11.1. The summed E-state index contributed by atoms with van der Waals surface area (Å²) in [6, 6.07) is 1.77. The van der Waals surface area contributed by atoms with E-state index in [2.05, 4.69) is 35.7 Å². The molecule has 0 unspecified atom stereocenters. The van der Waals surface area contributed by atoms with E-state index in [9.17, 15) is 4.79 Å². The van der Waals surface area contributed by atoms with Crippen molar-refractivity contribution in [2.45, 2.75) is 32.7 Å². The zero-order chi connectivity index (χ0) is 16.2. The molecule has 1 aliphatic heterocycles. The van der Waals surface area contributed by atoms with Crippen LogP contribution in [-0.2, 0) is 0 Å². The van der Waals surface area contributed by atoms with Gasteiger partial charge < -0.3 is 15.5 Å². The highest BCUT2D eigenvalue weighted by molar-refractivity contribution is 5.90. The number of carbonyl (C=O) groups excluding carboxylic acids is 1. The van der Waals surface area contributed by atoms with E-state index in [0.29, 0.717) is 0 Å². The number of urea groups is 1. The normalized spacial score (nSPS) is 15.5. The number of aromatic nitrogens is 4. The number of H-pyrrole nitrogens is 1. The molecule has 23 heavy (non-hydrogen) atoms. The second kappa shape index (κ2) is 6.64. The van der Waals surface area contributed by atoms with Crippen molar-refractivity contribution in [2.75, 3.05) is 23.3 Å². The van der Waals surface area contributed by atoms with Crippen molar-refractivity contribution in [2.24, 2.45) is 0 Å². The van der Waals surface area contributed by atoms with Gasteiger partial charge in [0, 0.05) is 31.5 Å². The van der Waals surface area contributed by atoms with Gasteiger partial charge in [0.2, 0.25) is 5.95 Å². The summed E-state index contributed by atoms with van der Waals surface area (Å²) in [6.07, 6.45) is 5.23. The standard InChI is InChI=1S/C15H21N7O/c1-10-13(11(2)21-20-10)19-15(23)18-12-4-8-22(9-5-12)14-16-6-3-7-17-14/h3,6-7,12H,4-5,8-9H2,1-2H3,(H,20,21)(H2,18,19,23). The van der Waals surface area contributed by atoms with E-state index in [1.54, 1.807) is 12.4 Å². The molecule has 2 aromatic rings. The van der Waals surface area contributed by atoms with E-state index < -0.39 is 0 Å². The van der Waals surface area contributed by atoms with E-state index in [1.807, 2.05) is 19.9 Å². The largest absolute Gasteiger partial charge is 0.341 e. The van der Waals surface area contributed by atoms with Crippen molar-refractivity contribution in [1.29, 1.82) is 0 Å². The van der Waals surface area contributed by atoms with Gasteiger partial charge in [0.25, 0.3) is 0 Å². The summed E-state index contributed by atoms with van der Waals surface area (Å²) in [5.41, 5.74) is 2.39. The second-order valence-electron chi connectivity index (χ2n) is 5.72. The van der Waals surface area contributed by atoms with Crippen molar-refractivity contribution < 1.29 is 4.79 Å². The van der Waals surface area contributed by atoms with Crippen LogP contribution in [0.5, 0.6) is 0 Å². The molecule has 8 nitrogen and oxygen atoms in total. The van der Waals surface area contributed by atoms with Crippen LogP contribution in [0.25, 0.3) is 0 Å². The molecule has 2 amide bonds. The van der Waals surface area contributed by atoms with Crippen molar-refractivity contribution >= 4 is 17.7 Å². The number of nitrogens with one attached hydrogen (secondary N) is 3. The summed E-state index contributed by atoms with van der Waals surface area (Å²) in [5.74, 6) is 0.750. The summed E-state index contributed by atoms with van der Waals surface area (Å²) in [5, 5.41) is 12.8. The van der Waals surface area contributed by atoms with Crippen LogP contribution >= 0.6 is 0 Å². The van der Waals surface area contributed by atoms with Crippen LogP contribution < -0.4 is 15.5 Å². The maximum absolute atomic E-state index is 12.1. The molecule has 0 aliphatic carbocycles. The van der Waals surface area contributed by atoms with Crippen LogP contribution in [-0.4, -0.2) is 45.3 Å². The highest BCUT2D eigenvalue weighted by Crippen LogP contribution is 2.17. The number of carbonyl (C=O) groups is 1. The molecule has 0 bridgehead atoms. The molecule has 2 aromatic heterocycles. The van der Waals surface area contributed by atoms with Gasteiger partial charge in [0.1, 0.15) is 0 Å².